The van der Waals surface area contributed by atoms with E-state index >= 15 is 0 Å². The number of nitrogens with two attached hydrogens (primary N) is 1. The van der Waals surface area contributed by atoms with Gasteiger partial charge in [0.05, 0.1) is 24.0 Å². The zero-order chi connectivity index (χ0) is 17.1. The second-order valence-electron chi connectivity index (χ2n) is 6.01. The molecule has 1 aromatic heterocycles. The molecule has 24 heavy (non-hydrogen) atoms. The lowest BCUT2D eigenvalue weighted by molar-refractivity contribution is -0.0262. The van der Waals surface area contributed by atoms with Gasteiger partial charge in [-0.25, -0.2) is 4.68 Å². The summed E-state index contributed by atoms with van der Waals surface area (Å²) in [6.07, 6.45) is 0.0939. The molecule has 0 radical (unpaired) electrons. The predicted molar refractivity (Wildman–Crippen MR) is 93.5 cm³/mol. The summed E-state index contributed by atoms with van der Waals surface area (Å²) in [5.41, 5.74) is 7.79. The first-order chi connectivity index (χ1) is 11.6. The Labute approximate surface area is 147 Å². The second-order valence-corrected chi connectivity index (χ2v) is 6.45. The molecule has 130 valence electrons. The number of hydrogen-bond acceptors (Lipinski definition) is 5. The number of rotatable bonds is 5. The maximum Gasteiger partial charge on any atom is 0.222 e. The molecule has 1 saturated heterocycles. The van der Waals surface area contributed by atoms with Gasteiger partial charge >= 0.3 is 0 Å². The van der Waals surface area contributed by atoms with Crippen molar-refractivity contribution in [2.24, 2.45) is 12.8 Å². The standard InChI is InChI=1S/C17H23ClN4O2/c1-12-16(11-22-7-8-23-15(9-19)10-22)17(21(2)20-12)24-14-5-3-13(18)4-6-14/h3-6,15H,7-11,19H2,1-2H3/t15-/m1/s1. The first-order valence-electron chi connectivity index (χ1n) is 8.06. The quantitative estimate of drug-likeness (QED) is 0.896. The molecular formula is C17H23ClN4O2. The summed E-state index contributed by atoms with van der Waals surface area (Å²) in [5.74, 6) is 1.50. The fraction of sp³-hybridized carbons (Fsp3) is 0.471. The van der Waals surface area contributed by atoms with Gasteiger partial charge in [-0.15, -0.1) is 0 Å². The summed E-state index contributed by atoms with van der Waals surface area (Å²) in [4.78, 5) is 2.33. The van der Waals surface area contributed by atoms with Gasteiger partial charge in [-0.1, -0.05) is 11.6 Å². The molecule has 1 aromatic carbocycles. The Kier molecular flexibility index (Phi) is 5.40. The van der Waals surface area contributed by atoms with E-state index in [1.165, 1.54) is 0 Å². The van der Waals surface area contributed by atoms with Crippen molar-refractivity contribution in [3.63, 3.8) is 0 Å². The molecule has 0 saturated carbocycles. The lowest BCUT2D eigenvalue weighted by Gasteiger charge is -2.32. The zero-order valence-corrected chi connectivity index (χ0v) is 14.8. The van der Waals surface area contributed by atoms with Crippen molar-refractivity contribution in [1.29, 1.82) is 0 Å². The number of hydrogen-bond donors (Lipinski definition) is 1. The largest absolute Gasteiger partial charge is 0.439 e. The molecule has 2 heterocycles. The van der Waals surface area contributed by atoms with Crippen LogP contribution in [-0.2, 0) is 18.3 Å². The van der Waals surface area contributed by atoms with E-state index in [2.05, 4.69) is 10.00 Å². The average molecular weight is 351 g/mol. The summed E-state index contributed by atoms with van der Waals surface area (Å²) in [6, 6.07) is 7.34. The van der Waals surface area contributed by atoms with Crippen LogP contribution in [0, 0.1) is 6.92 Å². The number of aryl methyl sites for hydroxylation is 2. The van der Waals surface area contributed by atoms with E-state index in [4.69, 9.17) is 26.8 Å². The van der Waals surface area contributed by atoms with Crippen LogP contribution in [0.3, 0.4) is 0 Å². The Morgan fingerprint density at radius 1 is 1.38 bits per heavy atom. The number of benzene rings is 1. The summed E-state index contributed by atoms with van der Waals surface area (Å²) >= 11 is 5.94. The molecule has 1 atom stereocenters. The zero-order valence-electron chi connectivity index (χ0n) is 14.0. The molecule has 7 heteroatoms. The molecule has 0 amide bonds. The summed E-state index contributed by atoms with van der Waals surface area (Å²) < 4.78 is 13.5. The highest BCUT2D eigenvalue weighted by Crippen LogP contribution is 2.29. The average Bonchev–Trinajstić information content (AvgIpc) is 2.84. The van der Waals surface area contributed by atoms with Crippen molar-refractivity contribution < 1.29 is 9.47 Å². The van der Waals surface area contributed by atoms with Crippen molar-refractivity contribution in [1.82, 2.24) is 14.7 Å². The monoisotopic (exact) mass is 350 g/mol. The van der Waals surface area contributed by atoms with Crippen molar-refractivity contribution in [2.75, 3.05) is 26.2 Å². The summed E-state index contributed by atoms with van der Waals surface area (Å²) in [6.45, 7) is 5.72. The molecule has 2 N–H and O–H groups in total. The van der Waals surface area contributed by atoms with Gasteiger partial charge in [-0.2, -0.15) is 5.10 Å². The minimum absolute atomic E-state index is 0.0939. The fourth-order valence-corrected chi connectivity index (χ4v) is 3.02. The molecule has 3 rings (SSSR count). The Balaban J connectivity index is 1.79. The van der Waals surface area contributed by atoms with Gasteiger partial charge in [0, 0.05) is 38.2 Å². The van der Waals surface area contributed by atoms with Crippen LogP contribution < -0.4 is 10.5 Å². The summed E-state index contributed by atoms with van der Waals surface area (Å²) in [7, 11) is 1.89. The SMILES string of the molecule is Cc1nn(C)c(Oc2ccc(Cl)cc2)c1CN1CCO[C@H](CN)C1. The molecule has 1 aliphatic heterocycles. The van der Waals surface area contributed by atoms with Crippen LogP contribution in [-0.4, -0.2) is 47.0 Å². The van der Waals surface area contributed by atoms with E-state index in [-0.39, 0.29) is 6.10 Å². The third-order valence-corrected chi connectivity index (χ3v) is 4.44. The van der Waals surface area contributed by atoms with Crippen molar-refractivity contribution >= 4 is 11.6 Å². The van der Waals surface area contributed by atoms with Crippen LogP contribution in [0.25, 0.3) is 0 Å². The van der Waals surface area contributed by atoms with Gasteiger partial charge < -0.3 is 15.2 Å². The van der Waals surface area contributed by atoms with E-state index in [9.17, 15) is 0 Å². The third-order valence-electron chi connectivity index (χ3n) is 4.18. The Morgan fingerprint density at radius 2 is 2.12 bits per heavy atom. The first kappa shape index (κ1) is 17.2. The smallest absolute Gasteiger partial charge is 0.222 e. The molecule has 6 nitrogen and oxygen atoms in total. The molecule has 0 aliphatic carbocycles. The molecule has 0 unspecified atom stereocenters. The molecule has 1 aliphatic rings. The molecule has 1 fully saturated rings. The maximum absolute atomic E-state index is 6.07. The van der Waals surface area contributed by atoms with E-state index in [0.717, 1.165) is 42.5 Å². The highest BCUT2D eigenvalue weighted by Gasteiger charge is 2.23. The minimum Gasteiger partial charge on any atom is -0.439 e. The van der Waals surface area contributed by atoms with Gasteiger partial charge in [-0.3, -0.25) is 4.90 Å². The van der Waals surface area contributed by atoms with Gasteiger partial charge in [0.25, 0.3) is 0 Å². The van der Waals surface area contributed by atoms with Gasteiger partial charge in [-0.05, 0) is 31.2 Å². The van der Waals surface area contributed by atoms with Crippen LogP contribution in [0.4, 0.5) is 0 Å². The predicted octanol–water partition coefficient (Wildman–Crippen LogP) is 2.33. The van der Waals surface area contributed by atoms with Crippen molar-refractivity contribution in [3.8, 4) is 11.6 Å². The number of nitrogens with zero attached hydrogens (tertiary/aromatic N) is 3. The number of aromatic nitrogens is 2. The minimum atomic E-state index is 0.0939. The highest BCUT2D eigenvalue weighted by atomic mass is 35.5. The van der Waals surface area contributed by atoms with E-state index in [1.54, 1.807) is 4.68 Å². The number of morpholine rings is 1. The van der Waals surface area contributed by atoms with Crippen molar-refractivity contribution in [2.45, 2.75) is 19.6 Å². The van der Waals surface area contributed by atoms with E-state index in [1.807, 2.05) is 38.2 Å². The number of halogens is 1. The molecule has 0 bridgehead atoms. The first-order valence-corrected chi connectivity index (χ1v) is 8.44. The topological polar surface area (TPSA) is 65.5 Å². The van der Waals surface area contributed by atoms with Crippen LogP contribution in [0.15, 0.2) is 24.3 Å². The van der Waals surface area contributed by atoms with Crippen LogP contribution >= 0.6 is 11.6 Å². The maximum atomic E-state index is 6.07. The Bertz CT molecular complexity index is 687. The van der Waals surface area contributed by atoms with Gasteiger partial charge in [0.2, 0.25) is 5.88 Å². The van der Waals surface area contributed by atoms with Crippen LogP contribution in [0.2, 0.25) is 5.02 Å². The van der Waals surface area contributed by atoms with E-state index < -0.39 is 0 Å². The second kappa shape index (κ2) is 7.53. The number of ether oxygens (including phenoxy) is 2. The Morgan fingerprint density at radius 3 is 2.83 bits per heavy atom. The summed E-state index contributed by atoms with van der Waals surface area (Å²) in [5, 5.41) is 5.20. The fourth-order valence-electron chi connectivity index (χ4n) is 2.90. The normalized spacial score (nSPS) is 18.8. The molecular weight excluding hydrogens is 328 g/mol. The van der Waals surface area contributed by atoms with Crippen LogP contribution in [0.1, 0.15) is 11.3 Å². The Hall–Kier alpha value is -1.60. The van der Waals surface area contributed by atoms with Gasteiger partial charge in [0.1, 0.15) is 5.75 Å². The van der Waals surface area contributed by atoms with Gasteiger partial charge in [0.15, 0.2) is 0 Å². The van der Waals surface area contributed by atoms with Crippen LogP contribution in [0.5, 0.6) is 11.6 Å². The molecule has 0 spiro atoms. The van der Waals surface area contributed by atoms with Crippen molar-refractivity contribution in [3.05, 3.63) is 40.5 Å². The lowest BCUT2D eigenvalue weighted by atomic mass is 10.2. The lowest BCUT2D eigenvalue weighted by Crippen LogP contribution is -2.45. The highest BCUT2D eigenvalue weighted by molar-refractivity contribution is 6.30. The third kappa shape index (κ3) is 3.89. The van der Waals surface area contributed by atoms with E-state index in [0.29, 0.717) is 18.2 Å². The molecule has 2 aromatic rings.